The quantitative estimate of drug-likeness (QED) is 0.757. The molecule has 0 saturated carbocycles. The number of H-pyrrole nitrogens is 1. The molecule has 0 unspecified atom stereocenters. The van der Waals surface area contributed by atoms with Gasteiger partial charge >= 0.3 is 0 Å². The summed E-state index contributed by atoms with van der Waals surface area (Å²) in [4.78, 5) is 14.5. The molecule has 3 heterocycles. The average Bonchev–Trinajstić information content (AvgIpc) is 3.11. The summed E-state index contributed by atoms with van der Waals surface area (Å²) in [6.45, 7) is 1.02. The molecule has 0 atom stereocenters. The number of hydrogen-bond donors (Lipinski definition) is 2. The van der Waals surface area contributed by atoms with Crippen LogP contribution < -0.4 is 10.2 Å². The standard InChI is InChI=1S/C16H17N5/c1-21(2)14-6-5-13-16(19-14)20-15(18-13)11-3-4-12-10(9-11)7-8-17-12/h3-6,9,17H,7-8H2,1-2H3,(H,18,19,20). The number of hydrogen-bond acceptors (Lipinski definition) is 4. The van der Waals surface area contributed by atoms with E-state index in [1.54, 1.807) is 0 Å². The Balaban J connectivity index is 1.80. The number of aromatic nitrogens is 3. The summed E-state index contributed by atoms with van der Waals surface area (Å²) in [5, 5.41) is 3.38. The lowest BCUT2D eigenvalue weighted by atomic mass is 10.1. The lowest BCUT2D eigenvalue weighted by molar-refractivity contribution is 1.08. The number of nitrogens with one attached hydrogen (secondary N) is 2. The largest absolute Gasteiger partial charge is 0.384 e. The Morgan fingerprint density at radius 1 is 1.10 bits per heavy atom. The summed E-state index contributed by atoms with van der Waals surface area (Å²) in [6, 6.07) is 10.5. The Morgan fingerprint density at radius 2 is 2.00 bits per heavy atom. The molecule has 0 saturated heterocycles. The van der Waals surface area contributed by atoms with Crippen LogP contribution in [0.4, 0.5) is 11.5 Å². The van der Waals surface area contributed by atoms with Gasteiger partial charge in [0.1, 0.15) is 11.6 Å². The van der Waals surface area contributed by atoms with Crippen molar-refractivity contribution in [1.29, 1.82) is 0 Å². The van der Waals surface area contributed by atoms with E-state index in [1.807, 2.05) is 31.1 Å². The van der Waals surface area contributed by atoms with Gasteiger partial charge in [0, 0.05) is 31.9 Å². The van der Waals surface area contributed by atoms with Crippen molar-refractivity contribution in [2.24, 2.45) is 0 Å². The molecule has 0 amide bonds. The fraction of sp³-hybridized carbons (Fsp3) is 0.250. The van der Waals surface area contributed by atoms with Crippen molar-refractivity contribution in [1.82, 2.24) is 15.0 Å². The maximum Gasteiger partial charge on any atom is 0.180 e. The Kier molecular flexibility index (Phi) is 2.60. The highest BCUT2D eigenvalue weighted by Crippen LogP contribution is 2.28. The molecule has 2 N–H and O–H groups in total. The second-order valence-corrected chi connectivity index (χ2v) is 5.57. The number of rotatable bonds is 2. The van der Waals surface area contributed by atoms with Gasteiger partial charge < -0.3 is 15.2 Å². The van der Waals surface area contributed by atoms with E-state index in [9.17, 15) is 0 Å². The molecule has 0 aliphatic carbocycles. The first-order chi connectivity index (χ1) is 10.2. The summed E-state index contributed by atoms with van der Waals surface area (Å²) >= 11 is 0. The highest BCUT2D eigenvalue weighted by atomic mass is 15.1. The number of nitrogens with zero attached hydrogens (tertiary/aromatic N) is 3. The molecule has 1 aromatic carbocycles. The highest BCUT2D eigenvalue weighted by Gasteiger charge is 2.13. The summed E-state index contributed by atoms with van der Waals surface area (Å²) in [7, 11) is 3.96. The van der Waals surface area contributed by atoms with Gasteiger partial charge in [0.25, 0.3) is 0 Å². The van der Waals surface area contributed by atoms with Crippen molar-refractivity contribution in [2.45, 2.75) is 6.42 Å². The Morgan fingerprint density at radius 3 is 2.86 bits per heavy atom. The topological polar surface area (TPSA) is 56.8 Å². The van der Waals surface area contributed by atoms with E-state index in [0.717, 1.165) is 41.3 Å². The lowest BCUT2D eigenvalue weighted by Crippen LogP contribution is -2.10. The van der Waals surface area contributed by atoms with E-state index in [2.05, 4.69) is 38.5 Å². The Labute approximate surface area is 123 Å². The molecule has 5 nitrogen and oxygen atoms in total. The van der Waals surface area contributed by atoms with Crippen molar-refractivity contribution in [3.05, 3.63) is 35.9 Å². The first-order valence-electron chi connectivity index (χ1n) is 7.12. The van der Waals surface area contributed by atoms with Crippen LogP contribution in [0.15, 0.2) is 30.3 Å². The number of benzene rings is 1. The molecule has 1 aliphatic rings. The first-order valence-corrected chi connectivity index (χ1v) is 7.12. The maximum atomic E-state index is 4.64. The zero-order valence-electron chi connectivity index (χ0n) is 12.1. The summed E-state index contributed by atoms with van der Waals surface area (Å²) < 4.78 is 0. The predicted octanol–water partition coefficient (Wildman–Crippen LogP) is 2.66. The molecule has 1 aliphatic heterocycles. The number of pyridine rings is 1. The molecular weight excluding hydrogens is 262 g/mol. The zero-order chi connectivity index (χ0) is 14.4. The van der Waals surface area contributed by atoms with Gasteiger partial charge in [0.05, 0.1) is 5.52 Å². The molecule has 0 spiro atoms. The molecular formula is C16H17N5. The third kappa shape index (κ3) is 2.01. The number of aromatic amines is 1. The number of imidazole rings is 1. The van der Waals surface area contributed by atoms with E-state index in [1.165, 1.54) is 11.3 Å². The van der Waals surface area contributed by atoms with Crippen LogP contribution in [0.1, 0.15) is 5.56 Å². The van der Waals surface area contributed by atoms with Gasteiger partial charge in [-0.05, 0) is 42.3 Å². The van der Waals surface area contributed by atoms with Crippen LogP contribution in [0.5, 0.6) is 0 Å². The van der Waals surface area contributed by atoms with Crippen LogP contribution in [0.3, 0.4) is 0 Å². The molecule has 106 valence electrons. The minimum Gasteiger partial charge on any atom is -0.384 e. The van der Waals surface area contributed by atoms with Crippen LogP contribution in [-0.4, -0.2) is 35.6 Å². The van der Waals surface area contributed by atoms with Gasteiger partial charge in [-0.1, -0.05) is 0 Å². The molecule has 2 aromatic heterocycles. The predicted molar refractivity (Wildman–Crippen MR) is 85.8 cm³/mol. The normalized spacial score (nSPS) is 13.2. The van der Waals surface area contributed by atoms with Crippen molar-refractivity contribution in [3.63, 3.8) is 0 Å². The van der Waals surface area contributed by atoms with Crippen LogP contribution >= 0.6 is 0 Å². The highest BCUT2D eigenvalue weighted by molar-refractivity contribution is 5.78. The van der Waals surface area contributed by atoms with Crippen molar-refractivity contribution < 1.29 is 0 Å². The smallest absolute Gasteiger partial charge is 0.180 e. The molecule has 4 rings (SSSR count). The third-order valence-corrected chi connectivity index (χ3v) is 3.88. The molecule has 0 fully saturated rings. The second-order valence-electron chi connectivity index (χ2n) is 5.57. The second kappa shape index (κ2) is 4.48. The zero-order valence-corrected chi connectivity index (χ0v) is 12.1. The third-order valence-electron chi connectivity index (χ3n) is 3.88. The minimum atomic E-state index is 0.759. The van der Waals surface area contributed by atoms with Gasteiger partial charge in [0.15, 0.2) is 5.65 Å². The van der Waals surface area contributed by atoms with Crippen LogP contribution in [0, 0.1) is 0 Å². The lowest BCUT2D eigenvalue weighted by Gasteiger charge is -2.09. The monoisotopic (exact) mass is 279 g/mol. The summed E-state index contributed by atoms with van der Waals surface area (Å²) in [6.07, 6.45) is 1.08. The molecule has 0 bridgehead atoms. The van der Waals surface area contributed by atoms with Gasteiger partial charge in [-0.15, -0.1) is 0 Å². The number of anilines is 2. The van der Waals surface area contributed by atoms with E-state index >= 15 is 0 Å². The fourth-order valence-corrected chi connectivity index (χ4v) is 2.72. The number of fused-ring (bicyclic) bond motifs is 2. The average molecular weight is 279 g/mol. The summed E-state index contributed by atoms with van der Waals surface area (Å²) in [5.41, 5.74) is 5.43. The molecule has 0 radical (unpaired) electrons. The van der Waals surface area contributed by atoms with Crippen molar-refractivity contribution in [2.75, 3.05) is 30.9 Å². The van der Waals surface area contributed by atoms with Gasteiger partial charge in [-0.2, -0.15) is 0 Å². The SMILES string of the molecule is CN(C)c1ccc2[nH]c(-c3ccc4c(c3)CCN4)nc2n1. The van der Waals surface area contributed by atoms with Gasteiger partial charge in [-0.3, -0.25) is 0 Å². The van der Waals surface area contributed by atoms with E-state index in [-0.39, 0.29) is 0 Å². The molecule has 5 heteroatoms. The van der Waals surface area contributed by atoms with Crippen LogP contribution in [0.25, 0.3) is 22.6 Å². The molecule has 21 heavy (non-hydrogen) atoms. The first kappa shape index (κ1) is 12.2. The van der Waals surface area contributed by atoms with E-state index in [0.29, 0.717) is 0 Å². The van der Waals surface area contributed by atoms with Crippen LogP contribution in [-0.2, 0) is 6.42 Å². The maximum absolute atomic E-state index is 4.64. The van der Waals surface area contributed by atoms with Gasteiger partial charge in [-0.25, -0.2) is 9.97 Å². The van der Waals surface area contributed by atoms with E-state index < -0.39 is 0 Å². The molecule has 3 aromatic rings. The Bertz CT molecular complexity index is 819. The van der Waals surface area contributed by atoms with Crippen LogP contribution in [0.2, 0.25) is 0 Å². The fourth-order valence-electron chi connectivity index (χ4n) is 2.72. The Hall–Kier alpha value is -2.56. The minimum absolute atomic E-state index is 0.759. The van der Waals surface area contributed by atoms with E-state index in [4.69, 9.17) is 0 Å². The summed E-state index contributed by atoms with van der Waals surface area (Å²) in [5.74, 6) is 1.79. The van der Waals surface area contributed by atoms with Gasteiger partial charge in [0.2, 0.25) is 0 Å². The van der Waals surface area contributed by atoms with Crippen molar-refractivity contribution >= 4 is 22.7 Å². The van der Waals surface area contributed by atoms with Crippen molar-refractivity contribution in [3.8, 4) is 11.4 Å².